The van der Waals surface area contributed by atoms with Gasteiger partial charge in [0.05, 0.1) is 6.61 Å². The first kappa shape index (κ1) is 17.0. The average molecular weight is 306 g/mol. The largest absolute Gasteiger partial charge is 0.463 e. The van der Waals surface area contributed by atoms with Crippen LogP contribution in [0, 0.1) is 0 Å². The Balaban J connectivity index is 2.89. The fraction of sp³-hybridized carbons (Fsp3) is 0.385. The lowest BCUT2D eigenvalue weighted by Gasteiger charge is -2.25. The second kappa shape index (κ2) is 6.57. The lowest BCUT2D eigenvalue weighted by atomic mass is 10.0. The number of halogens is 3. The van der Waals surface area contributed by atoms with E-state index in [1.54, 1.807) is 18.2 Å². The van der Waals surface area contributed by atoms with Gasteiger partial charge in [-0.15, -0.1) is 0 Å². The maximum atomic E-state index is 12.8. The third-order valence-corrected chi connectivity index (χ3v) is 2.49. The minimum absolute atomic E-state index is 0.402. The third kappa shape index (κ3) is 3.72. The summed E-state index contributed by atoms with van der Waals surface area (Å²) in [6, 6.07) is 7.85. The molecular formula is C13H13F3O5. The van der Waals surface area contributed by atoms with E-state index in [2.05, 4.69) is 9.47 Å². The Labute approximate surface area is 118 Å². The molecule has 21 heavy (non-hydrogen) atoms. The molecule has 0 saturated heterocycles. The molecular weight excluding hydrogens is 293 g/mol. The predicted octanol–water partition coefficient (Wildman–Crippen LogP) is 1.59. The van der Waals surface area contributed by atoms with Crippen molar-refractivity contribution in [2.75, 3.05) is 6.61 Å². The topological polar surface area (TPSA) is 72.8 Å². The molecule has 1 unspecified atom stereocenters. The lowest BCUT2D eigenvalue weighted by molar-refractivity contribution is -0.264. The first-order chi connectivity index (χ1) is 9.73. The quantitative estimate of drug-likeness (QED) is 0.660. The molecule has 1 atom stereocenters. The van der Waals surface area contributed by atoms with E-state index in [1.165, 1.54) is 19.1 Å². The monoisotopic (exact) mass is 306 g/mol. The van der Waals surface area contributed by atoms with Crippen molar-refractivity contribution in [1.82, 2.24) is 0 Å². The second-order valence-electron chi connectivity index (χ2n) is 3.99. The van der Waals surface area contributed by atoms with E-state index in [9.17, 15) is 27.9 Å². The van der Waals surface area contributed by atoms with Crippen molar-refractivity contribution >= 4 is 11.9 Å². The predicted molar refractivity (Wildman–Crippen MR) is 63.9 cm³/mol. The number of rotatable bonds is 5. The molecule has 1 aromatic rings. The van der Waals surface area contributed by atoms with E-state index >= 15 is 0 Å². The fourth-order valence-corrected chi connectivity index (χ4v) is 1.38. The van der Waals surface area contributed by atoms with E-state index < -0.39 is 36.9 Å². The zero-order chi connectivity index (χ0) is 16.1. The molecule has 0 bridgehead atoms. The fourth-order valence-electron chi connectivity index (χ4n) is 1.38. The van der Waals surface area contributed by atoms with Crippen molar-refractivity contribution in [3.8, 4) is 0 Å². The normalized spacial score (nSPS) is 14.1. The van der Waals surface area contributed by atoms with Gasteiger partial charge < -0.3 is 14.6 Å². The van der Waals surface area contributed by atoms with Crippen LogP contribution in [-0.4, -0.2) is 35.4 Å². The van der Waals surface area contributed by atoms with Gasteiger partial charge in [0.1, 0.15) is 6.61 Å². The van der Waals surface area contributed by atoms with E-state index in [0.29, 0.717) is 5.56 Å². The van der Waals surface area contributed by atoms with E-state index in [-0.39, 0.29) is 0 Å². The Hall–Kier alpha value is -2.09. The first-order valence-electron chi connectivity index (χ1n) is 5.91. The molecule has 0 fully saturated rings. The second-order valence-corrected chi connectivity index (χ2v) is 3.99. The molecule has 0 saturated carbocycles. The summed E-state index contributed by atoms with van der Waals surface area (Å²) >= 11 is 0. The zero-order valence-corrected chi connectivity index (χ0v) is 11.0. The highest BCUT2D eigenvalue weighted by atomic mass is 19.4. The van der Waals surface area contributed by atoms with Gasteiger partial charge in [0, 0.05) is 0 Å². The maximum Gasteiger partial charge on any atom is 0.439 e. The number of ether oxygens (including phenoxy) is 2. The van der Waals surface area contributed by atoms with Gasteiger partial charge in [0.15, 0.2) is 0 Å². The molecule has 1 aromatic carbocycles. The number of benzene rings is 1. The van der Waals surface area contributed by atoms with Crippen LogP contribution in [0.15, 0.2) is 30.3 Å². The standard InChI is InChI=1S/C13H13F3O5/c1-2-20-10(17)12(19,13(14,15)16)11(18)21-8-9-6-4-3-5-7-9/h3-7,19H,2,8H2,1H3. The van der Waals surface area contributed by atoms with Crippen LogP contribution >= 0.6 is 0 Å². The zero-order valence-electron chi connectivity index (χ0n) is 11.0. The molecule has 8 heteroatoms. The number of hydrogen-bond donors (Lipinski definition) is 1. The minimum atomic E-state index is -5.55. The van der Waals surface area contributed by atoms with Crippen LogP contribution in [0.25, 0.3) is 0 Å². The smallest absolute Gasteiger partial charge is 0.439 e. The number of alkyl halides is 3. The van der Waals surface area contributed by atoms with Crippen LogP contribution in [0.5, 0.6) is 0 Å². The molecule has 0 aliphatic heterocycles. The summed E-state index contributed by atoms with van der Waals surface area (Å²) in [5.41, 5.74) is -3.93. The summed E-state index contributed by atoms with van der Waals surface area (Å²) in [4.78, 5) is 22.8. The maximum absolute atomic E-state index is 12.8. The summed E-state index contributed by atoms with van der Waals surface area (Å²) in [6.07, 6.45) is -5.55. The molecule has 0 heterocycles. The van der Waals surface area contributed by atoms with Crippen LogP contribution in [-0.2, 0) is 25.7 Å². The van der Waals surface area contributed by atoms with Crippen LogP contribution in [0.4, 0.5) is 13.2 Å². The Bertz CT molecular complexity index is 500. The van der Waals surface area contributed by atoms with E-state index in [1.807, 2.05) is 0 Å². The van der Waals surface area contributed by atoms with Crippen molar-refractivity contribution < 1.29 is 37.3 Å². The molecule has 0 aromatic heterocycles. The molecule has 0 aliphatic carbocycles. The van der Waals surface area contributed by atoms with Crippen molar-refractivity contribution in [3.63, 3.8) is 0 Å². The summed E-state index contributed by atoms with van der Waals surface area (Å²) in [6.45, 7) is 0.296. The number of hydrogen-bond acceptors (Lipinski definition) is 5. The minimum Gasteiger partial charge on any atom is -0.463 e. The van der Waals surface area contributed by atoms with Gasteiger partial charge in [-0.2, -0.15) is 13.2 Å². The van der Waals surface area contributed by atoms with Crippen molar-refractivity contribution in [1.29, 1.82) is 0 Å². The van der Waals surface area contributed by atoms with Crippen LogP contribution < -0.4 is 0 Å². The Morgan fingerprint density at radius 1 is 1.10 bits per heavy atom. The molecule has 0 amide bonds. The van der Waals surface area contributed by atoms with Crippen molar-refractivity contribution in [3.05, 3.63) is 35.9 Å². The first-order valence-corrected chi connectivity index (χ1v) is 5.91. The van der Waals surface area contributed by atoms with E-state index in [0.717, 1.165) is 0 Å². The van der Waals surface area contributed by atoms with Gasteiger partial charge in [-0.05, 0) is 12.5 Å². The number of carbonyl (C=O) groups is 2. The summed E-state index contributed by atoms with van der Waals surface area (Å²) in [5.74, 6) is -4.24. The SMILES string of the molecule is CCOC(=O)C(O)(C(=O)OCc1ccccc1)C(F)(F)F. The van der Waals surface area contributed by atoms with Crippen LogP contribution in [0.1, 0.15) is 12.5 Å². The molecule has 116 valence electrons. The Morgan fingerprint density at radius 2 is 1.62 bits per heavy atom. The van der Waals surface area contributed by atoms with Crippen molar-refractivity contribution in [2.24, 2.45) is 0 Å². The van der Waals surface area contributed by atoms with Crippen LogP contribution in [0.3, 0.4) is 0 Å². The van der Waals surface area contributed by atoms with Gasteiger partial charge in [-0.1, -0.05) is 30.3 Å². The number of esters is 2. The Kier molecular flexibility index (Phi) is 5.31. The highest BCUT2D eigenvalue weighted by Crippen LogP contribution is 2.33. The molecule has 5 nitrogen and oxygen atoms in total. The number of carbonyl (C=O) groups excluding carboxylic acids is 2. The summed E-state index contributed by atoms with van der Waals surface area (Å²) in [7, 11) is 0. The van der Waals surface area contributed by atoms with Crippen LogP contribution in [0.2, 0.25) is 0 Å². The van der Waals surface area contributed by atoms with Gasteiger partial charge in [0.25, 0.3) is 0 Å². The number of aliphatic hydroxyl groups is 1. The average Bonchev–Trinajstić information content (AvgIpc) is 2.43. The summed E-state index contributed by atoms with van der Waals surface area (Å²) < 4.78 is 46.9. The third-order valence-electron chi connectivity index (χ3n) is 2.49. The van der Waals surface area contributed by atoms with Crippen molar-refractivity contribution in [2.45, 2.75) is 25.3 Å². The Morgan fingerprint density at radius 3 is 2.10 bits per heavy atom. The van der Waals surface area contributed by atoms with Gasteiger partial charge >= 0.3 is 23.7 Å². The molecule has 1 N–H and O–H groups in total. The molecule has 0 aliphatic rings. The molecule has 1 rings (SSSR count). The summed E-state index contributed by atoms with van der Waals surface area (Å²) in [5, 5.41) is 9.42. The molecule has 0 radical (unpaired) electrons. The van der Waals surface area contributed by atoms with E-state index in [4.69, 9.17) is 0 Å². The highest BCUT2D eigenvalue weighted by molar-refractivity contribution is 6.04. The van der Waals surface area contributed by atoms with Gasteiger partial charge in [-0.3, -0.25) is 0 Å². The molecule has 0 spiro atoms. The van der Waals surface area contributed by atoms with Gasteiger partial charge in [0.2, 0.25) is 0 Å². The van der Waals surface area contributed by atoms with Gasteiger partial charge in [-0.25, -0.2) is 9.59 Å². The lowest BCUT2D eigenvalue weighted by Crippen LogP contribution is -2.59. The highest BCUT2D eigenvalue weighted by Gasteiger charge is 2.68.